The van der Waals surface area contributed by atoms with Crippen LogP contribution < -0.4 is 5.32 Å². The van der Waals surface area contributed by atoms with E-state index in [9.17, 15) is 19.2 Å². The second kappa shape index (κ2) is 9.75. The van der Waals surface area contributed by atoms with Gasteiger partial charge in [0.1, 0.15) is 6.04 Å². The molecule has 0 saturated heterocycles. The minimum Gasteiger partial charge on any atom is -0.454 e. The fourth-order valence-electron chi connectivity index (χ4n) is 3.39. The van der Waals surface area contributed by atoms with Gasteiger partial charge in [-0.1, -0.05) is 49.6 Å². The van der Waals surface area contributed by atoms with E-state index in [1.807, 2.05) is 6.92 Å². The minimum atomic E-state index is -1.09. The minimum absolute atomic E-state index is 0.260. The van der Waals surface area contributed by atoms with Crippen LogP contribution in [0.4, 0.5) is 5.69 Å². The van der Waals surface area contributed by atoms with Crippen LogP contribution in [0.5, 0.6) is 0 Å². The highest BCUT2D eigenvalue weighted by Gasteiger charge is 2.43. The Labute approximate surface area is 185 Å². The van der Waals surface area contributed by atoms with Gasteiger partial charge in [-0.25, -0.2) is 4.79 Å². The molecule has 2 aromatic carbocycles. The molecule has 3 amide bonds. The van der Waals surface area contributed by atoms with Crippen LogP contribution in [-0.2, 0) is 14.3 Å². The zero-order valence-corrected chi connectivity index (χ0v) is 18.1. The maximum Gasteiger partial charge on any atom is 0.329 e. The third-order valence-electron chi connectivity index (χ3n) is 5.06. The van der Waals surface area contributed by atoms with Gasteiger partial charge in [-0.05, 0) is 43.2 Å². The number of amides is 3. The molecule has 1 N–H and O–H groups in total. The molecule has 162 valence electrons. The number of halogens is 1. The summed E-state index contributed by atoms with van der Waals surface area (Å²) in [5, 5.41) is 3.10. The van der Waals surface area contributed by atoms with Gasteiger partial charge in [0.05, 0.1) is 11.1 Å². The zero-order valence-electron chi connectivity index (χ0n) is 17.3. The molecule has 2 aromatic rings. The SMILES string of the molecule is CCCC[C@@H](C(=O)OCC(=O)Nc1cc(Cl)ccc1C)N1C(=O)c2ccccc2C1=O. The first-order valence-electron chi connectivity index (χ1n) is 10.0. The van der Waals surface area contributed by atoms with Crippen LogP contribution in [0.2, 0.25) is 5.02 Å². The molecule has 0 bridgehead atoms. The van der Waals surface area contributed by atoms with Gasteiger partial charge in [0, 0.05) is 10.7 Å². The number of ether oxygens (including phenoxy) is 1. The van der Waals surface area contributed by atoms with E-state index in [1.165, 1.54) is 0 Å². The monoisotopic (exact) mass is 442 g/mol. The van der Waals surface area contributed by atoms with E-state index in [1.54, 1.807) is 49.4 Å². The maximum absolute atomic E-state index is 12.8. The van der Waals surface area contributed by atoms with Crippen LogP contribution in [0.1, 0.15) is 52.5 Å². The number of benzene rings is 2. The maximum atomic E-state index is 12.8. The van der Waals surface area contributed by atoms with Gasteiger partial charge in [0.15, 0.2) is 6.61 Å². The lowest BCUT2D eigenvalue weighted by atomic mass is 10.1. The first-order valence-corrected chi connectivity index (χ1v) is 10.4. The van der Waals surface area contributed by atoms with Crippen molar-refractivity contribution in [1.82, 2.24) is 4.90 Å². The predicted octanol–water partition coefficient (Wildman–Crippen LogP) is 3.99. The lowest BCUT2D eigenvalue weighted by molar-refractivity contribution is -0.151. The molecule has 1 aliphatic heterocycles. The summed E-state index contributed by atoms with van der Waals surface area (Å²) in [7, 11) is 0. The van der Waals surface area contributed by atoms with E-state index in [0.29, 0.717) is 17.1 Å². The third-order valence-corrected chi connectivity index (χ3v) is 5.29. The molecule has 3 rings (SSSR count). The number of hydrogen-bond donors (Lipinski definition) is 1. The van der Waals surface area contributed by atoms with Crippen molar-refractivity contribution in [2.75, 3.05) is 11.9 Å². The van der Waals surface area contributed by atoms with E-state index in [0.717, 1.165) is 16.9 Å². The lowest BCUT2D eigenvalue weighted by Crippen LogP contribution is -2.46. The topological polar surface area (TPSA) is 92.8 Å². The van der Waals surface area contributed by atoms with E-state index in [4.69, 9.17) is 16.3 Å². The molecule has 1 aliphatic rings. The molecule has 1 heterocycles. The van der Waals surface area contributed by atoms with Gasteiger partial charge in [0.2, 0.25) is 0 Å². The number of fused-ring (bicyclic) bond motifs is 1. The van der Waals surface area contributed by atoms with E-state index in [-0.39, 0.29) is 17.5 Å². The average Bonchev–Trinajstić information content (AvgIpc) is 3.00. The number of unbranched alkanes of at least 4 members (excludes halogenated alkanes) is 1. The van der Waals surface area contributed by atoms with Crippen molar-refractivity contribution >= 4 is 41.0 Å². The van der Waals surface area contributed by atoms with Crippen molar-refractivity contribution in [2.24, 2.45) is 0 Å². The number of nitrogens with zero attached hydrogens (tertiary/aromatic N) is 1. The van der Waals surface area contributed by atoms with Gasteiger partial charge < -0.3 is 10.1 Å². The molecule has 0 spiro atoms. The van der Waals surface area contributed by atoms with E-state index < -0.39 is 36.3 Å². The number of imide groups is 1. The Morgan fingerprint density at radius 3 is 2.35 bits per heavy atom. The Bertz CT molecular complexity index is 1000. The second-order valence-electron chi connectivity index (χ2n) is 7.30. The van der Waals surface area contributed by atoms with Gasteiger partial charge >= 0.3 is 5.97 Å². The lowest BCUT2D eigenvalue weighted by Gasteiger charge is -2.24. The Kier molecular flexibility index (Phi) is 7.07. The zero-order chi connectivity index (χ0) is 22.5. The molecular formula is C23H23ClN2O5. The Balaban J connectivity index is 1.69. The molecule has 1 atom stereocenters. The summed E-state index contributed by atoms with van der Waals surface area (Å²) >= 11 is 5.95. The summed E-state index contributed by atoms with van der Waals surface area (Å²) in [6.45, 7) is 3.20. The van der Waals surface area contributed by atoms with Crippen molar-refractivity contribution < 1.29 is 23.9 Å². The number of nitrogens with one attached hydrogen (secondary N) is 1. The van der Waals surface area contributed by atoms with Crippen LogP contribution in [-0.4, -0.2) is 41.2 Å². The van der Waals surface area contributed by atoms with Crippen LogP contribution in [0.15, 0.2) is 42.5 Å². The number of anilines is 1. The van der Waals surface area contributed by atoms with E-state index in [2.05, 4.69) is 5.32 Å². The Morgan fingerprint density at radius 2 is 1.74 bits per heavy atom. The molecule has 0 radical (unpaired) electrons. The van der Waals surface area contributed by atoms with Gasteiger partial charge in [-0.15, -0.1) is 0 Å². The molecule has 0 saturated carbocycles. The molecular weight excluding hydrogens is 420 g/mol. The second-order valence-corrected chi connectivity index (χ2v) is 7.74. The van der Waals surface area contributed by atoms with Crippen molar-refractivity contribution in [3.05, 3.63) is 64.2 Å². The summed E-state index contributed by atoms with van der Waals surface area (Å²) in [4.78, 5) is 51.5. The number of hydrogen-bond acceptors (Lipinski definition) is 5. The van der Waals surface area contributed by atoms with Gasteiger partial charge in [-0.3, -0.25) is 19.3 Å². The summed E-state index contributed by atoms with van der Waals surface area (Å²) in [6.07, 6.45) is 1.64. The van der Waals surface area contributed by atoms with Crippen LogP contribution in [0.3, 0.4) is 0 Å². The highest BCUT2D eigenvalue weighted by Crippen LogP contribution is 2.27. The highest BCUT2D eigenvalue weighted by molar-refractivity contribution is 6.31. The largest absolute Gasteiger partial charge is 0.454 e. The number of carbonyl (C=O) groups is 4. The van der Waals surface area contributed by atoms with Crippen molar-refractivity contribution in [1.29, 1.82) is 0 Å². The summed E-state index contributed by atoms with van der Waals surface area (Å²) in [5.74, 6) is -2.40. The molecule has 0 aliphatic carbocycles. The third kappa shape index (κ3) is 4.94. The number of esters is 1. The Hall–Kier alpha value is -3.19. The molecule has 0 unspecified atom stereocenters. The first-order chi connectivity index (χ1) is 14.8. The molecule has 0 aromatic heterocycles. The quantitative estimate of drug-likeness (QED) is 0.493. The number of rotatable bonds is 8. The van der Waals surface area contributed by atoms with E-state index >= 15 is 0 Å². The summed E-state index contributed by atoms with van der Waals surface area (Å²) in [5.41, 5.74) is 1.83. The molecule has 8 heteroatoms. The van der Waals surface area contributed by atoms with Crippen molar-refractivity contribution in [3.8, 4) is 0 Å². The fourth-order valence-corrected chi connectivity index (χ4v) is 3.56. The molecule has 7 nitrogen and oxygen atoms in total. The van der Waals surface area contributed by atoms with Crippen LogP contribution in [0, 0.1) is 6.92 Å². The van der Waals surface area contributed by atoms with Crippen molar-refractivity contribution in [2.45, 2.75) is 39.2 Å². The van der Waals surface area contributed by atoms with Crippen LogP contribution >= 0.6 is 11.6 Å². The molecule has 0 fully saturated rings. The standard InChI is InChI=1S/C23H23ClN2O5/c1-3-4-9-19(26-21(28)16-7-5-6-8-17(16)22(26)29)23(30)31-13-20(27)25-18-12-15(24)11-10-14(18)2/h5-8,10-12,19H,3-4,9,13H2,1-2H3,(H,25,27)/t19-/m0/s1. The van der Waals surface area contributed by atoms with Crippen LogP contribution in [0.25, 0.3) is 0 Å². The molecule has 31 heavy (non-hydrogen) atoms. The average molecular weight is 443 g/mol. The first kappa shape index (κ1) is 22.5. The van der Waals surface area contributed by atoms with Gasteiger partial charge in [0.25, 0.3) is 17.7 Å². The highest BCUT2D eigenvalue weighted by atomic mass is 35.5. The van der Waals surface area contributed by atoms with Crippen molar-refractivity contribution in [3.63, 3.8) is 0 Å². The van der Waals surface area contributed by atoms with Gasteiger partial charge in [-0.2, -0.15) is 0 Å². The number of aryl methyl sites for hydroxylation is 1. The summed E-state index contributed by atoms with van der Waals surface area (Å²) < 4.78 is 5.18. The fraction of sp³-hybridized carbons (Fsp3) is 0.304. The Morgan fingerprint density at radius 1 is 1.10 bits per heavy atom. The normalized spacial score (nSPS) is 13.7. The smallest absolute Gasteiger partial charge is 0.329 e. The summed E-state index contributed by atoms with van der Waals surface area (Å²) in [6, 6.07) is 10.4. The number of carbonyl (C=O) groups excluding carboxylic acids is 4. The predicted molar refractivity (Wildman–Crippen MR) is 116 cm³/mol.